The monoisotopic (exact) mass is 386 g/mol. The van der Waals surface area contributed by atoms with Crippen LogP contribution in [0.5, 0.6) is 0 Å². The Hall–Kier alpha value is -2.52. The summed E-state index contributed by atoms with van der Waals surface area (Å²) in [6.45, 7) is 0.678. The van der Waals surface area contributed by atoms with E-state index >= 15 is 0 Å². The summed E-state index contributed by atoms with van der Waals surface area (Å²) in [7, 11) is 1.83. The third kappa shape index (κ3) is 4.00. The fraction of sp³-hybridized carbons (Fsp3) is 0.158. The molecule has 0 bridgehead atoms. The molecule has 2 aromatic carbocycles. The second-order valence-electron chi connectivity index (χ2n) is 5.94. The lowest BCUT2D eigenvalue weighted by Crippen LogP contribution is -2.21. The quantitative estimate of drug-likeness (QED) is 0.487. The maximum Gasteiger partial charge on any atom is 0.152 e. The van der Waals surface area contributed by atoms with Crippen LogP contribution in [0.2, 0.25) is 10.0 Å². The highest BCUT2D eigenvalue weighted by Gasteiger charge is 2.15. The summed E-state index contributed by atoms with van der Waals surface area (Å²) in [6.07, 6.45) is 0. The Labute approximate surface area is 161 Å². The molecule has 0 radical (unpaired) electrons. The van der Waals surface area contributed by atoms with Gasteiger partial charge in [0.25, 0.3) is 0 Å². The van der Waals surface area contributed by atoms with Crippen LogP contribution in [0.1, 0.15) is 11.4 Å². The molecule has 3 aromatic rings. The number of nitriles is 1. The number of benzene rings is 2. The average molecular weight is 387 g/mol. The van der Waals surface area contributed by atoms with E-state index in [2.05, 4.69) is 9.97 Å². The van der Waals surface area contributed by atoms with Crippen molar-refractivity contribution in [3.05, 3.63) is 69.7 Å². The Morgan fingerprint density at radius 3 is 2.73 bits per heavy atom. The molecule has 7 heteroatoms. The van der Waals surface area contributed by atoms with Crippen LogP contribution < -0.4 is 0 Å². The van der Waals surface area contributed by atoms with Crippen molar-refractivity contribution in [3.8, 4) is 6.07 Å². The van der Waals surface area contributed by atoms with E-state index in [-0.39, 0.29) is 17.9 Å². The number of allylic oxidation sites excluding steroid dienone is 1. The van der Waals surface area contributed by atoms with E-state index in [1.54, 1.807) is 12.1 Å². The molecule has 0 unspecified atom stereocenters. The molecular weight excluding hydrogens is 371 g/mol. The van der Waals surface area contributed by atoms with Crippen LogP contribution >= 0.6 is 23.2 Å². The zero-order valence-corrected chi connectivity index (χ0v) is 15.5. The molecule has 0 saturated carbocycles. The predicted molar refractivity (Wildman–Crippen MR) is 104 cm³/mol. The van der Waals surface area contributed by atoms with Gasteiger partial charge in [0.15, 0.2) is 5.82 Å². The first-order valence-corrected chi connectivity index (χ1v) is 8.63. The fourth-order valence-electron chi connectivity index (χ4n) is 2.66. The van der Waals surface area contributed by atoms with Crippen molar-refractivity contribution in [2.75, 3.05) is 13.6 Å². The van der Waals surface area contributed by atoms with Crippen molar-refractivity contribution >= 4 is 39.8 Å². The minimum atomic E-state index is -0.0563. The highest BCUT2D eigenvalue weighted by molar-refractivity contribution is 6.35. The number of hydrogen-bond donors (Lipinski definition) is 2. The number of aliphatic hydroxyl groups excluding tert-OH is 1. The van der Waals surface area contributed by atoms with Gasteiger partial charge in [-0.25, -0.2) is 4.98 Å². The zero-order chi connectivity index (χ0) is 18.7. The second-order valence-corrected chi connectivity index (χ2v) is 6.79. The van der Waals surface area contributed by atoms with E-state index in [4.69, 9.17) is 23.2 Å². The molecular formula is C19H16Cl2N4O. The number of nitrogens with one attached hydrogen (secondary N) is 1. The molecule has 1 aromatic heterocycles. The van der Waals surface area contributed by atoms with E-state index in [1.807, 2.05) is 48.3 Å². The summed E-state index contributed by atoms with van der Waals surface area (Å²) in [6, 6.07) is 14.8. The predicted octanol–water partition coefficient (Wildman–Crippen LogP) is 4.79. The summed E-state index contributed by atoms with van der Waals surface area (Å²) in [4.78, 5) is 9.28. The third-order valence-corrected chi connectivity index (χ3v) is 4.49. The number of fused-ring (bicyclic) bond motifs is 1. The Bertz CT molecular complexity index is 987. The van der Waals surface area contributed by atoms with Crippen LogP contribution in [0.4, 0.5) is 0 Å². The lowest BCUT2D eigenvalue weighted by molar-refractivity contribution is 0.286. The Morgan fingerprint density at radius 2 is 2.04 bits per heavy atom. The Morgan fingerprint density at radius 1 is 1.27 bits per heavy atom. The normalized spacial score (nSPS) is 12.3. The molecule has 0 atom stereocenters. The molecule has 132 valence electrons. The molecule has 3 rings (SSSR count). The van der Waals surface area contributed by atoms with Gasteiger partial charge in [0, 0.05) is 16.6 Å². The van der Waals surface area contributed by atoms with E-state index in [1.165, 1.54) is 0 Å². The topological polar surface area (TPSA) is 75.9 Å². The Kier molecular flexibility index (Phi) is 5.48. The average Bonchev–Trinajstić information content (AvgIpc) is 3.01. The lowest BCUT2D eigenvalue weighted by atomic mass is 10.2. The van der Waals surface area contributed by atoms with E-state index in [0.29, 0.717) is 22.4 Å². The van der Waals surface area contributed by atoms with Gasteiger partial charge in [0.05, 0.1) is 17.6 Å². The number of aromatic nitrogens is 2. The fourth-order valence-corrected chi connectivity index (χ4v) is 3.12. The molecule has 1 heterocycles. The highest BCUT2D eigenvalue weighted by atomic mass is 35.5. The number of para-hydroxylation sites is 2. The van der Waals surface area contributed by atoms with Gasteiger partial charge >= 0.3 is 0 Å². The standard InChI is InChI=1S/C19H16Cl2N4O/c1-25(10-12-6-7-13(20)8-15(12)21)11-18(26)14(9-22)19-23-16-4-2-3-5-17(16)24-19/h2-8,26H,10-11H2,1H3,(H,23,24)/b18-14-. The van der Waals surface area contributed by atoms with Crippen molar-refractivity contribution in [3.63, 3.8) is 0 Å². The first-order chi connectivity index (χ1) is 12.5. The van der Waals surface area contributed by atoms with Crippen molar-refractivity contribution in [1.82, 2.24) is 14.9 Å². The number of aliphatic hydroxyl groups is 1. The molecule has 0 aliphatic rings. The van der Waals surface area contributed by atoms with Gasteiger partial charge in [-0.15, -0.1) is 0 Å². The van der Waals surface area contributed by atoms with Crippen molar-refractivity contribution in [2.45, 2.75) is 6.54 Å². The van der Waals surface area contributed by atoms with E-state index in [9.17, 15) is 10.4 Å². The van der Waals surface area contributed by atoms with Crippen molar-refractivity contribution in [2.24, 2.45) is 0 Å². The van der Waals surface area contributed by atoms with Crippen molar-refractivity contribution < 1.29 is 5.11 Å². The molecule has 26 heavy (non-hydrogen) atoms. The molecule has 5 nitrogen and oxygen atoms in total. The first kappa shape index (κ1) is 18.3. The third-order valence-electron chi connectivity index (χ3n) is 3.90. The summed E-state index contributed by atoms with van der Waals surface area (Å²) in [5, 5.41) is 21.1. The first-order valence-electron chi connectivity index (χ1n) is 7.87. The SMILES string of the molecule is CN(C/C(O)=C(\C#N)c1nc2ccccc2[nH]1)Cc1ccc(Cl)cc1Cl. The van der Waals surface area contributed by atoms with Crippen LogP contribution in [-0.4, -0.2) is 33.6 Å². The number of halogens is 2. The van der Waals surface area contributed by atoms with Gasteiger partial charge in [-0.2, -0.15) is 5.26 Å². The van der Waals surface area contributed by atoms with Gasteiger partial charge in [-0.05, 0) is 36.9 Å². The summed E-state index contributed by atoms with van der Waals surface area (Å²) in [5.74, 6) is 0.295. The number of H-pyrrole nitrogens is 1. The van der Waals surface area contributed by atoms with Gasteiger partial charge in [0.2, 0.25) is 0 Å². The number of nitrogens with zero attached hydrogens (tertiary/aromatic N) is 3. The van der Waals surface area contributed by atoms with Gasteiger partial charge in [-0.1, -0.05) is 41.4 Å². The van der Waals surface area contributed by atoms with Gasteiger partial charge in [0.1, 0.15) is 17.4 Å². The minimum absolute atomic E-state index is 0.0563. The largest absolute Gasteiger partial charge is 0.509 e. The van der Waals surface area contributed by atoms with E-state index < -0.39 is 0 Å². The van der Waals surface area contributed by atoms with Crippen LogP contribution in [-0.2, 0) is 6.54 Å². The highest BCUT2D eigenvalue weighted by Crippen LogP contribution is 2.23. The number of likely N-dealkylation sites (N-methyl/N-ethyl adjacent to an activating group) is 1. The van der Waals surface area contributed by atoms with Crippen LogP contribution in [0.25, 0.3) is 16.6 Å². The second kappa shape index (κ2) is 7.79. The summed E-state index contributed by atoms with van der Waals surface area (Å²) < 4.78 is 0. The smallest absolute Gasteiger partial charge is 0.152 e. The molecule has 0 aliphatic carbocycles. The molecule has 0 saturated heterocycles. The molecule has 2 N–H and O–H groups in total. The van der Waals surface area contributed by atoms with Crippen LogP contribution in [0, 0.1) is 11.3 Å². The summed E-state index contributed by atoms with van der Waals surface area (Å²) >= 11 is 12.1. The maximum absolute atomic E-state index is 10.5. The summed E-state index contributed by atoms with van der Waals surface area (Å²) in [5.41, 5.74) is 2.55. The molecule has 0 spiro atoms. The van der Waals surface area contributed by atoms with Crippen molar-refractivity contribution in [1.29, 1.82) is 5.26 Å². The minimum Gasteiger partial charge on any atom is -0.509 e. The maximum atomic E-state index is 10.5. The van der Waals surface area contributed by atoms with E-state index in [0.717, 1.165) is 16.6 Å². The van der Waals surface area contributed by atoms with Crippen LogP contribution in [0.15, 0.2) is 48.2 Å². The Balaban J connectivity index is 1.80. The zero-order valence-electron chi connectivity index (χ0n) is 14.0. The number of rotatable bonds is 5. The van der Waals surface area contributed by atoms with Gasteiger partial charge < -0.3 is 10.1 Å². The number of hydrogen-bond acceptors (Lipinski definition) is 4. The number of aromatic amines is 1. The number of imidazole rings is 1. The van der Waals surface area contributed by atoms with Crippen LogP contribution in [0.3, 0.4) is 0 Å². The molecule has 0 fully saturated rings. The lowest BCUT2D eigenvalue weighted by Gasteiger charge is -2.17. The molecule has 0 amide bonds. The van der Waals surface area contributed by atoms with Gasteiger partial charge in [-0.3, -0.25) is 4.90 Å². The molecule has 0 aliphatic heterocycles.